The zero-order valence-electron chi connectivity index (χ0n) is 11.3. The van der Waals surface area contributed by atoms with Crippen LogP contribution in [-0.4, -0.2) is 31.7 Å². The lowest BCUT2D eigenvalue weighted by Gasteiger charge is -2.28. The minimum atomic E-state index is -4.35. The SMILES string of the molecule is CC1=CCC[C@H](C)[C@@H]1CNCC(=O)NCC(F)(F)F. The van der Waals surface area contributed by atoms with Gasteiger partial charge in [-0.15, -0.1) is 0 Å². The molecule has 1 aliphatic carbocycles. The van der Waals surface area contributed by atoms with Crippen molar-refractivity contribution in [1.29, 1.82) is 0 Å². The van der Waals surface area contributed by atoms with Gasteiger partial charge in [0.2, 0.25) is 5.91 Å². The van der Waals surface area contributed by atoms with E-state index in [1.807, 2.05) is 5.32 Å². The molecule has 0 bridgehead atoms. The molecule has 0 fully saturated rings. The van der Waals surface area contributed by atoms with Gasteiger partial charge in [-0.2, -0.15) is 13.2 Å². The third-order valence-electron chi connectivity index (χ3n) is 3.50. The number of allylic oxidation sites excluding steroid dienone is 1. The zero-order valence-corrected chi connectivity index (χ0v) is 11.3. The summed E-state index contributed by atoms with van der Waals surface area (Å²) in [6.45, 7) is 3.50. The van der Waals surface area contributed by atoms with Gasteiger partial charge in [-0.25, -0.2) is 0 Å². The summed E-state index contributed by atoms with van der Waals surface area (Å²) in [4.78, 5) is 11.2. The lowest BCUT2D eigenvalue weighted by molar-refractivity contribution is -0.137. The van der Waals surface area contributed by atoms with E-state index in [1.165, 1.54) is 5.57 Å². The standard InChI is InChI=1S/C13H21F3N2O/c1-9-4-3-5-10(2)11(9)6-17-7-12(19)18-8-13(14,15)16/h4,10-11,17H,3,5-8H2,1-2H3,(H,18,19)/t10-,11+/m0/s1. The van der Waals surface area contributed by atoms with Crippen molar-refractivity contribution in [3.05, 3.63) is 11.6 Å². The molecule has 0 aromatic carbocycles. The first-order chi connectivity index (χ1) is 8.79. The van der Waals surface area contributed by atoms with Crippen molar-refractivity contribution in [2.45, 2.75) is 32.9 Å². The Kier molecular flexibility index (Phi) is 5.85. The predicted molar refractivity (Wildman–Crippen MR) is 67.6 cm³/mol. The van der Waals surface area contributed by atoms with Crippen molar-refractivity contribution in [2.75, 3.05) is 19.6 Å². The van der Waals surface area contributed by atoms with Crippen LogP contribution >= 0.6 is 0 Å². The van der Waals surface area contributed by atoms with Crippen LogP contribution in [0.3, 0.4) is 0 Å². The molecule has 0 aromatic rings. The van der Waals surface area contributed by atoms with Gasteiger partial charge in [0.25, 0.3) is 0 Å². The van der Waals surface area contributed by atoms with Gasteiger partial charge in [0.1, 0.15) is 6.54 Å². The number of carbonyl (C=O) groups excluding carboxylic acids is 1. The minimum Gasteiger partial charge on any atom is -0.346 e. The summed E-state index contributed by atoms with van der Waals surface area (Å²) in [5, 5.41) is 4.77. The Labute approximate surface area is 111 Å². The molecule has 0 unspecified atom stereocenters. The molecule has 0 aliphatic heterocycles. The van der Waals surface area contributed by atoms with Crippen LogP contribution in [0.5, 0.6) is 0 Å². The number of rotatable bonds is 5. The maximum Gasteiger partial charge on any atom is 0.405 e. The van der Waals surface area contributed by atoms with Gasteiger partial charge in [-0.05, 0) is 31.6 Å². The highest BCUT2D eigenvalue weighted by Crippen LogP contribution is 2.29. The van der Waals surface area contributed by atoms with Crippen molar-refractivity contribution in [1.82, 2.24) is 10.6 Å². The average molecular weight is 278 g/mol. The van der Waals surface area contributed by atoms with Crippen LogP contribution in [-0.2, 0) is 4.79 Å². The average Bonchev–Trinajstić information content (AvgIpc) is 2.29. The van der Waals surface area contributed by atoms with Crippen molar-refractivity contribution in [3.63, 3.8) is 0 Å². The van der Waals surface area contributed by atoms with Crippen LogP contribution in [0.25, 0.3) is 0 Å². The molecule has 3 nitrogen and oxygen atoms in total. The Bertz CT molecular complexity index is 339. The molecule has 0 heterocycles. The number of hydrogen-bond acceptors (Lipinski definition) is 2. The molecule has 6 heteroatoms. The van der Waals surface area contributed by atoms with Gasteiger partial charge in [0, 0.05) is 6.54 Å². The van der Waals surface area contributed by atoms with E-state index in [4.69, 9.17) is 0 Å². The molecular formula is C13H21F3N2O. The van der Waals surface area contributed by atoms with E-state index in [2.05, 4.69) is 25.2 Å². The Morgan fingerprint density at radius 3 is 2.74 bits per heavy atom. The fraction of sp³-hybridized carbons (Fsp3) is 0.769. The van der Waals surface area contributed by atoms with Crippen LogP contribution < -0.4 is 10.6 Å². The largest absolute Gasteiger partial charge is 0.405 e. The van der Waals surface area contributed by atoms with E-state index in [-0.39, 0.29) is 6.54 Å². The van der Waals surface area contributed by atoms with Gasteiger partial charge >= 0.3 is 6.18 Å². The number of amides is 1. The smallest absolute Gasteiger partial charge is 0.346 e. The number of hydrogen-bond donors (Lipinski definition) is 2. The lowest BCUT2D eigenvalue weighted by atomic mass is 9.80. The topological polar surface area (TPSA) is 41.1 Å². The van der Waals surface area contributed by atoms with Crippen LogP contribution in [0.2, 0.25) is 0 Å². The van der Waals surface area contributed by atoms with Crippen molar-refractivity contribution >= 4 is 5.91 Å². The van der Waals surface area contributed by atoms with E-state index in [0.717, 1.165) is 12.8 Å². The molecule has 2 atom stereocenters. The zero-order chi connectivity index (χ0) is 14.5. The van der Waals surface area contributed by atoms with Gasteiger partial charge in [-0.1, -0.05) is 18.6 Å². The van der Waals surface area contributed by atoms with E-state index in [1.54, 1.807) is 0 Å². The Morgan fingerprint density at radius 2 is 2.16 bits per heavy atom. The molecule has 2 N–H and O–H groups in total. The van der Waals surface area contributed by atoms with Crippen LogP contribution in [0.15, 0.2) is 11.6 Å². The fourth-order valence-corrected chi connectivity index (χ4v) is 2.34. The minimum absolute atomic E-state index is 0.0768. The Hall–Kier alpha value is -1.04. The molecule has 0 saturated carbocycles. The second-order valence-electron chi connectivity index (χ2n) is 5.13. The van der Waals surface area contributed by atoms with Crippen molar-refractivity contribution < 1.29 is 18.0 Å². The van der Waals surface area contributed by atoms with Gasteiger partial charge in [-0.3, -0.25) is 4.79 Å². The molecule has 0 spiro atoms. The molecular weight excluding hydrogens is 257 g/mol. The van der Waals surface area contributed by atoms with Crippen molar-refractivity contribution in [3.8, 4) is 0 Å². The first-order valence-electron chi connectivity index (χ1n) is 6.50. The molecule has 110 valence electrons. The molecule has 0 saturated heterocycles. The summed E-state index contributed by atoms with van der Waals surface area (Å²) >= 11 is 0. The van der Waals surface area contributed by atoms with E-state index < -0.39 is 18.6 Å². The monoisotopic (exact) mass is 278 g/mol. The molecule has 0 radical (unpaired) electrons. The third-order valence-corrected chi connectivity index (χ3v) is 3.50. The second-order valence-corrected chi connectivity index (χ2v) is 5.13. The third kappa shape index (κ3) is 6.09. The van der Waals surface area contributed by atoms with Gasteiger partial charge in [0.05, 0.1) is 6.54 Å². The van der Waals surface area contributed by atoms with Crippen LogP contribution in [0, 0.1) is 11.8 Å². The Morgan fingerprint density at radius 1 is 1.47 bits per heavy atom. The molecule has 1 aliphatic rings. The van der Waals surface area contributed by atoms with Crippen LogP contribution in [0.1, 0.15) is 26.7 Å². The summed E-state index contributed by atoms with van der Waals surface area (Å²) < 4.78 is 35.7. The maximum atomic E-state index is 11.9. The summed E-state index contributed by atoms with van der Waals surface area (Å²) in [7, 11) is 0. The molecule has 1 amide bonds. The van der Waals surface area contributed by atoms with E-state index in [9.17, 15) is 18.0 Å². The Balaban J connectivity index is 2.24. The normalized spacial score (nSPS) is 23.9. The van der Waals surface area contributed by atoms with E-state index >= 15 is 0 Å². The highest BCUT2D eigenvalue weighted by molar-refractivity contribution is 5.78. The first kappa shape index (κ1) is 16.0. The van der Waals surface area contributed by atoms with E-state index in [0.29, 0.717) is 18.4 Å². The predicted octanol–water partition coefficient (Wildman–Crippen LogP) is 2.25. The maximum absolute atomic E-state index is 11.9. The molecule has 19 heavy (non-hydrogen) atoms. The highest BCUT2D eigenvalue weighted by Gasteiger charge is 2.27. The lowest BCUT2D eigenvalue weighted by Crippen LogP contribution is -2.41. The summed E-state index contributed by atoms with van der Waals surface area (Å²) in [5.74, 6) is 0.280. The molecule has 0 aromatic heterocycles. The number of nitrogens with one attached hydrogen (secondary N) is 2. The van der Waals surface area contributed by atoms with Gasteiger partial charge < -0.3 is 10.6 Å². The van der Waals surface area contributed by atoms with Gasteiger partial charge in [0.15, 0.2) is 0 Å². The van der Waals surface area contributed by atoms with Crippen LogP contribution in [0.4, 0.5) is 13.2 Å². The molecule has 1 rings (SSSR count). The first-order valence-corrected chi connectivity index (χ1v) is 6.50. The quantitative estimate of drug-likeness (QED) is 0.757. The fourth-order valence-electron chi connectivity index (χ4n) is 2.34. The summed E-state index contributed by atoms with van der Waals surface area (Å²) in [5.41, 5.74) is 1.29. The second kappa shape index (κ2) is 6.93. The van der Waals surface area contributed by atoms with Crippen molar-refractivity contribution in [2.24, 2.45) is 11.8 Å². The number of halogens is 3. The number of alkyl halides is 3. The number of carbonyl (C=O) groups is 1. The summed E-state index contributed by atoms with van der Waals surface area (Å²) in [6, 6.07) is 0. The summed E-state index contributed by atoms with van der Waals surface area (Å²) in [6.07, 6.45) is 0.0302. The highest BCUT2D eigenvalue weighted by atomic mass is 19.4.